The predicted molar refractivity (Wildman–Crippen MR) is 113 cm³/mol. The quantitative estimate of drug-likeness (QED) is 0.496. The molecule has 0 aliphatic heterocycles. The fourth-order valence-electron chi connectivity index (χ4n) is 4.16. The van der Waals surface area contributed by atoms with Crippen molar-refractivity contribution >= 4 is 11.0 Å². The highest BCUT2D eigenvalue weighted by atomic mass is 19.3. The lowest BCUT2D eigenvalue weighted by Gasteiger charge is -2.34. The Balaban J connectivity index is 1.58. The summed E-state index contributed by atoms with van der Waals surface area (Å²) < 4.78 is 27.2. The molecule has 1 aliphatic rings. The summed E-state index contributed by atoms with van der Waals surface area (Å²) in [5.41, 5.74) is 0.0261. The predicted octanol–water partition coefficient (Wildman–Crippen LogP) is 3.38. The highest BCUT2D eigenvalue weighted by Gasteiger charge is 2.37. The number of hydrogen-bond acceptors (Lipinski definition) is 7. The van der Waals surface area contributed by atoms with Crippen LogP contribution in [0, 0.1) is 11.3 Å². The number of halogens is 2. The Morgan fingerprint density at radius 2 is 1.94 bits per heavy atom. The number of nitriles is 1. The van der Waals surface area contributed by atoms with Crippen molar-refractivity contribution in [2.45, 2.75) is 44.1 Å². The molecule has 0 radical (unpaired) electrons. The molecule has 1 unspecified atom stereocenters. The Morgan fingerprint density at radius 3 is 2.55 bits per heavy atom. The fraction of sp³-hybridized carbons (Fsp3) is 0.318. The first kappa shape index (κ1) is 20.8. The molecule has 0 saturated heterocycles. The summed E-state index contributed by atoms with van der Waals surface area (Å²) in [6.07, 6.45) is 3.72. The van der Waals surface area contributed by atoms with Crippen molar-refractivity contribution in [2.75, 3.05) is 0 Å². The number of pyridine rings is 1. The number of hydrogen-bond donors (Lipinski definition) is 1. The van der Waals surface area contributed by atoms with Gasteiger partial charge in [-0.25, -0.2) is 28.4 Å². The van der Waals surface area contributed by atoms with E-state index in [0.717, 1.165) is 12.8 Å². The van der Waals surface area contributed by atoms with Crippen LogP contribution in [0.3, 0.4) is 0 Å². The number of aromatic nitrogens is 7. The second-order valence-electron chi connectivity index (χ2n) is 7.95. The maximum absolute atomic E-state index is 12.9. The van der Waals surface area contributed by atoms with Gasteiger partial charge in [-0.2, -0.15) is 10.4 Å². The third-order valence-electron chi connectivity index (χ3n) is 6.11. The van der Waals surface area contributed by atoms with Crippen molar-refractivity contribution in [3.8, 4) is 6.07 Å². The van der Waals surface area contributed by atoms with E-state index in [1.807, 2.05) is 6.07 Å². The Labute approximate surface area is 186 Å². The number of H-pyrrole nitrogens is 1. The van der Waals surface area contributed by atoms with Crippen LogP contribution in [0.25, 0.3) is 11.0 Å². The molecular weight excluding hydrogens is 430 g/mol. The summed E-state index contributed by atoms with van der Waals surface area (Å²) in [6.45, 7) is 1.78. The van der Waals surface area contributed by atoms with E-state index in [1.54, 1.807) is 25.4 Å². The lowest BCUT2D eigenvalue weighted by molar-refractivity contribution is 0.146. The highest BCUT2D eigenvalue weighted by Crippen LogP contribution is 2.46. The molecule has 1 fully saturated rings. The normalized spacial score (nSPS) is 18.8. The molecule has 0 spiro atoms. The van der Waals surface area contributed by atoms with Crippen LogP contribution in [0.4, 0.5) is 8.78 Å². The van der Waals surface area contributed by atoms with Gasteiger partial charge in [-0.15, -0.1) is 0 Å². The number of rotatable bonds is 5. The van der Waals surface area contributed by atoms with E-state index in [0.29, 0.717) is 17.2 Å². The minimum absolute atomic E-state index is 0.0297. The van der Waals surface area contributed by atoms with Crippen molar-refractivity contribution in [2.24, 2.45) is 0 Å². The van der Waals surface area contributed by atoms with Crippen LogP contribution in [0.15, 0.2) is 41.6 Å². The molecule has 5 rings (SSSR count). The van der Waals surface area contributed by atoms with Crippen LogP contribution in [0.1, 0.15) is 72.7 Å². The molecule has 9 nitrogen and oxygen atoms in total. The topological polar surface area (TPSA) is 126 Å². The van der Waals surface area contributed by atoms with Gasteiger partial charge in [0.25, 0.3) is 12.0 Å². The summed E-state index contributed by atoms with van der Waals surface area (Å²) in [5.74, 6) is 1.14. The summed E-state index contributed by atoms with van der Waals surface area (Å²) >= 11 is 0. The number of fused-ring (bicyclic) bond motifs is 1. The van der Waals surface area contributed by atoms with Gasteiger partial charge >= 0.3 is 0 Å². The standard InChI is InChI=1S/C22H18F2N8O/c1-11(12-3-6-15(18(23)24)28-10-12)32-21-17(16(9-25)31-32)22(33)30-20(29-21)14-5-4-13(14)19-26-7-2-8-27-19/h2-3,6-8,10-11,13-14,18H,4-5H2,1H3,(H,29,30,33)/t11?,13-,14-/m1/s1. The van der Waals surface area contributed by atoms with Crippen molar-refractivity contribution in [3.63, 3.8) is 0 Å². The fourth-order valence-corrected chi connectivity index (χ4v) is 4.16. The molecule has 4 aromatic rings. The number of nitrogens with zero attached hydrogens (tertiary/aromatic N) is 7. The van der Waals surface area contributed by atoms with Crippen LogP contribution >= 0.6 is 0 Å². The molecule has 1 aliphatic carbocycles. The first-order valence-corrected chi connectivity index (χ1v) is 10.4. The van der Waals surface area contributed by atoms with Gasteiger partial charge in [-0.05, 0) is 37.5 Å². The Hall–Kier alpha value is -4.07. The van der Waals surface area contributed by atoms with Crippen LogP contribution in [0.2, 0.25) is 0 Å². The van der Waals surface area contributed by atoms with E-state index in [4.69, 9.17) is 4.98 Å². The minimum Gasteiger partial charge on any atom is -0.310 e. The van der Waals surface area contributed by atoms with Gasteiger partial charge in [0.15, 0.2) is 11.3 Å². The minimum atomic E-state index is -2.67. The summed E-state index contributed by atoms with van der Waals surface area (Å²) in [7, 11) is 0. The van der Waals surface area contributed by atoms with E-state index < -0.39 is 18.0 Å². The van der Waals surface area contributed by atoms with Gasteiger partial charge < -0.3 is 4.98 Å². The Morgan fingerprint density at radius 1 is 1.18 bits per heavy atom. The molecule has 4 heterocycles. The van der Waals surface area contributed by atoms with Crippen LogP contribution < -0.4 is 5.56 Å². The molecule has 3 atom stereocenters. The first-order chi connectivity index (χ1) is 16.0. The summed E-state index contributed by atoms with van der Waals surface area (Å²) in [5, 5.41) is 13.9. The van der Waals surface area contributed by atoms with E-state index in [9.17, 15) is 18.8 Å². The van der Waals surface area contributed by atoms with Gasteiger partial charge in [0.1, 0.15) is 28.8 Å². The summed E-state index contributed by atoms with van der Waals surface area (Å²) in [6, 6.07) is 5.97. The maximum Gasteiger partial charge on any atom is 0.280 e. The molecule has 1 N–H and O–H groups in total. The molecular formula is C22H18F2N8O. The lowest BCUT2D eigenvalue weighted by atomic mass is 9.72. The first-order valence-electron chi connectivity index (χ1n) is 10.4. The van der Waals surface area contributed by atoms with E-state index in [1.165, 1.54) is 23.0 Å². The molecule has 33 heavy (non-hydrogen) atoms. The van der Waals surface area contributed by atoms with Crippen molar-refractivity contribution in [1.29, 1.82) is 5.26 Å². The highest BCUT2D eigenvalue weighted by molar-refractivity contribution is 5.80. The SMILES string of the molecule is CC(c1ccc(C(F)F)nc1)n1nc(C#N)c2c(=O)[nH]c([C@@H]3CC[C@H]3c3ncccn3)nc21. The van der Waals surface area contributed by atoms with Crippen LogP contribution in [0.5, 0.6) is 0 Å². The van der Waals surface area contributed by atoms with Crippen LogP contribution in [-0.2, 0) is 0 Å². The lowest BCUT2D eigenvalue weighted by Crippen LogP contribution is -2.28. The summed E-state index contributed by atoms with van der Waals surface area (Å²) in [4.78, 5) is 32.9. The zero-order chi connectivity index (χ0) is 23.1. The van der Waals surface area contributed by atoms with Crippen molar-refractivity contribution < 1.29 is 8.78 Å². The smallest absolute Gasteiger partial charge is 0.280 e. The molecule has 166 valence electrons. The second-order valence-corrected chi connectivity index (χ2v) is 7.95. The molecule has 4 aromatic heterocycles. The number of alkyl halides is 2. The third-order valence-corrected chi connectivity index (χ3v) is 6.11. The molecule has 0 amide bonds. The largest absolute Gasteiger partial charge is 0.310 e. The van der Waals surface area contributed by atoms with Gasteiger partial charge in [0.05, 0.1) is 6.04 Å². The zero-order valence-electron chi connectivity index (χ0n) is 17.5. The van der Waals surface area contributed by atoms with Gasteiger partial charge in [-0.3, -0.25) is 9.78 Å². The average Bonchev–Trinajstić information content (AvgIpc) is 3.18. The van der Waals surface area contributed by atoms with Crippen molar-refractivity contribution in [3.05, 3.63) is 75.7 Å². The van der Waals surface area contributed by atoms with Crippen LogP contribution in [-0.4, -0.2) is 34.7 Å². The molecule has 1 saturated carbocycles. The van der Waals surface area contributed by atoms with Gasteiger partial charge in [0, 0.05) is 30.4 Å². The van der Waals surface area contributed by atoms with E-state index >= 15 is 0 Å². The zero-order valence-corrected chi connectivity index (χ0v) is 17.5. The monoisotopic (exact) mass is 448 g/mol. The third kappa shape index (κ3) is 3.53. The molecule has 0 aromatic carbocycles. The molecule has 0 bridgehead atoms. The maximum atomic E-state index is 12.9. The van der Waals surface area contributed by atoms with Gasteiger partial charge in [0.2, 0.25) is 0 Å². The number of aromatic amines is 1. The van der Waals surface area contributed by atoms with E-state index in [2.05, 4.69) is 25.0 Å². The second kappa shape index (κ2) is 8.12. The number of nitrogens with one attached hydrogen (secondary N) is 1. The average molecular weight is 448 g/mol. The Kier molecular flexibility index (Phi) is 5.12. The molecule has 11 heteroatoms. The Bertz CT molecular complexity index is 1410. The van der Waals surface area contributed by atoms with Crippen molar-refractivity contribution in [1.82, 2.24) is 34.7 Å². The van der Waals surface area contributed by atoms with E-state index in [-0.39, 0.29) is 34.3 Å². The van der Waals surface area contributed by atoms with Gasteiger partial charge in [-0.1, -0.05) is 6.07 Å².